The fraction of sp³-hybridized carbons (Fsp3) is 0.571. The molecule has 0 saturated carbocycles. The molecule has 0 unspecified atom stereocenters. The van der Waals surface area contributed by atoms with Gasteiger partial charge in [0.15, 0.2) is 0 Å². The zero-order valence-electron chi connectivity index (χ0n) is 11.4. The fourth-order valence-corrected chi connectivity index (χ4v) is 0.577. The van der Waals surface area contributed by atoms with Gasteiger partial charge >= 0.3 is 0 Å². The quantitative estimate of drug-likeness (QED) is 0.597. The predicted molar refractivity (Wildman–Crippen MR) is 72.3 cm³/mol. The maximum atomic E-state index is 4.90. The van der Waals surface area contributed by atoms with Crippen LogP contribution in [0.3, 0.4) is 0 Å². The first-order valence-corrected chi connectivity index (χ1v) is 5.67. The molecule has 0 spiro atoms. The van der Waals surface area contributed by atoms with Crippen LogP contribution in [0.15, 0.2) is 36.5 Å². The lowest BCUT2D eigenvalue weighted by atomic mass is 10.2. The molecule has 0 aromatic carbocycles. The molecule has 1 heteroatoms. The Kier molecular flexibility index (Phi) is 24.8. The van der Waals surface area contributed by atoms with Crippen LogP contribution >= 0.6 is 0 Å². The smallest absolute Gasteiger partial charge is 0.0502 e. The molecular formula is C14H28O. The molecule has 0 amide bonds. The third-order valence-electron chi connectivity index (χ3n) is 1.23. The molecule has 0 aliphatic carbocycles. The van der Waals surface area contributed by atoms with Crippen LogP contribution < -0.4 is 0 Å². The van der Waals surface area contributed by atoms with Crippen LogP contribution in [0.2, 0.25) is 0 Å². The van der Waals surface area contributed by atoms with Crippen molar-refractivity contribution in [3.05, 3.63) is 36.5 Å². The van der Waals surface area contributed by atoms with E-state index in [9.17, 15) is 0 Å². The van der Waals surface area contributed by atoms with E-state index in [1.54, 1.807) is 7.11 Å². The Balaban J connectivity index is -0.000000318. The van der Waals surface area contributed by atoms with E-state index in [1.807, 2.05) is 46.8 Å². The lowest BCUT2D eigenvalue weighted by Gasteiger charge is -1.97. The van der Waals surface area contributed by atoms with E-state index in [-0.39, 0.29) is 0 Å². The van der Waals surface area contributed by atoms with Gasteiger partial charge in [0, 0.05) is 7.11 Å². The molecule has 0 aromatic heterocycles. The molecule has 0 aliphatic heterocycles. The molecule has 0 fully saturated rings. The van der Waals surface area contributed by atoms with Crippen molar-refractivity contribution in [2.45, 2.75) is 41.0 Å². The molecular weight excluding hydrogens is 184 g/mol. The molecule has 15 heavy (non-hydrogen) atoms. The highest BCUT2D eigenvalue weighted by Crippen LogP contribution is 2.01. The lowest BCUT2D eigenvalue weighted by molar-refractivity contribution is 0.203. The van der Waals surface area contributed by atoms with Gasteiger partial charge in [0.05, 0.1) is 6.61 Å². The second kappa shape index (κ2) is 18.9. The highest BCUT2D eigenvalue weighted by Gasteiger charge is 1.86. The minimum absolute atomic E-state index is 0.735. The molecule has 0 aromatic rings. The van der Waals surface area contributed by atoms with Crippen molar-refractivity contribution in [1.29, 1.82) is 0 Å². The zero-order valence-corrected chi connectivity index (χ0v) is 11.4. The van der Waals surface area contributed by atoms with Crippen LogP contribution in [0, 0.1) is 0 Å². The summed E-state index contributed by atoms with van der Waals surface area (Å²) in [4.78, 5) is 0. The average Bonchev–Trinajstić information content (AvgIpc) is 2.29. The van der Waals surface area contributed by atoms with Gasteiger partial charge in [0.2, 0.25) is 0 Å². The molecule has 0 radical (unpaired) electrons. The van der Waals surface area contributed by atoms with E-state index >= 15 is 0 Å². The number of ether oxygens (including phenoxy) is 1. The van der Waals surface area contributed by atoms with E-state index in [4.69, 9.17) is 4.74 Å². The molecule has 0 saturated heterocycles. The monoisotopic (exact) mass is 212 g/mol. The van der Waals surface area contributed by atoms with Gasteiger partial charge in [-0.25, -0.2) is 0 Å². The van der Waals surface area contributed by atoms with Gasteiger partial charge < -0.3 is 4.74 Å². The van der Waals surface area contributed by atoms with E-state index in [1.165, 1.54) is 0 Å². The number of rotatable bonds is 5. The Bertz CT molecular complexity index is 166. The van der Waals surface area contributed by atoms with E-state index in [0.29, 0.717) is 0 Å². The van der Waals surface area contributed by atoms with Crippen LogP contribution in [-0.2, 0) is 4.74 Å². The maximum Gasteiger partial charge on any atom is 0.0502 e. The first kappa shape index (κ1) is 19.7. The van der Waals surface area contributed by atoms with Gasteiger partial charge in [-0.1, -0.05) is 64.2 Å². The number of allylic oxidation sites excluding steroid dienone is 3. The first-order chi connectivity index (χ1) is 7.16. The largest absolute Gasteiger partial charge is 0.384 e. The molecule has 0 heterocycles. The first-order valence-electron chi connectivity index (χ1n) is 5.67. The van der Waals surface area contributed by atoms with Gasteiger partial charge in [-0.2, -0.15) is 0 Å². The van der Waals surface area contributed by atoms with Gasteiger partial charge in [0.25, 0.3) is 0 Å². The van der Waals surface area contributed by atoms with Gasteiger partial charge in [-0.05, 0) is 13.3 Å². The van der Waals surface area contributed by atoms with Crippen LogP contribution in [0.5, 0.6) is 0 Å². The Morgan fingerprint density at radius 1 is 1.07 bits per heavy atom. The normalized spacial score (nSPS) is 8.40. The number of hydrogen-bond donors (Lipinski definition) is 0. The molecule has 1 nitrogen and oxygen atoms in total. The van der Waals surface area contributed by atoms with Crippen molar-refractivity contribution in [1.82, 2.24) is 0 Å². The summed E-state index contributed by atoms with van der Waals surface area (Å²) in [5.74, 6) is 0. The van der Waals surface area contributed by atoms with Crippen molar-refractivity contribution >= 4 is 0 Å². The minimum Gasteiger partial charge on any atom is -0.384 e. The molecule has 90 valence electrons. The van der Waals surface area contributed by atoms with Crippen molar-refractivity contribution in [3.63, 3.8) is 0 Å². The summed E-state index contributed by atoms with van der Waals surface area (Å²) < 4.78 is 4.90. The third kappa shape index (κ3) is 24.6. The zero-order chi connectivity index (χ0) is 12.7. The summed E-state index contributed by atoms with van der Waals surface area (Å²) in [6.07, 6.45) is 4.82. The van der Waals surface area contributed by atoms with Crippen LogP contribution in [-0.4, -0.2) is 13.7 Å². The highest BCUT2D eigenvalue weighted by atomic mass is 16.5. The maximum absolute atomic E-state index is 4.90. The van der Waals surface area contributed by atoms with E-state index in [0.717, 1.165) is 24.2 Å². The van der Waals surface area contributed by atoms with Crippen molar-refractivity contribution in [2.24, 2.45) is 0 Å². The second-order valence-corrected chi connectivity index (χ2v) is 2.58. The van der Waals surface area contributed by atoms with Crippen molar-refractivity contribution in [3.8, 4) is 0 Å². The molecule has 0 rings (SSSR count). The molecule has 0 bridgehead atoms. The van der Waals surface area contributed by atoms with Crippen molar-refractivity contribution in [2.75, 3.05) is 13.7 Å². The van der Waals surface area contributed by atoms with Gasteiger partial charge in [0.1, 0.15) is 0 Å². The molecule has 0 atom stereocenters. The lowest BCUT2D eigenvalue weighted by Crippen LogP contribution is -1.88. The Morgan fingerprint density at radius 3 is 1.87 bits per heavy atom. The van der Waals surface area contributed by atoms with Gasteiger partial charge in [-0.3, -0.25) is 0 Å². The number of methoxy groups -OCH3 is 1. The van der Waals surface area contributed by atoms with Crippen LogP contribution in [0.25, 0.3) is 0 Å². The van der Waals surface area contributed by atoms with E-state index in [2.05, 4.69) is 13.2 Å². The standard InChI is InChI=1S/C10H16O.2C2H6/c1-9(2)5-6-10(3)7-8-11-4;2*1-2/h5-6H,1,3,7-8H2,2,4H3;2*1-2H3/b6-5-;;. The van der Waals surface area contributed by atoms with E-state index < -0.39 is 0 Å². The fourth-order valence-electron chi connectivity index (χ4n) is 0.577. The highest BCUT2D eigenvalue weighted by molar-refractivity contribution is 5.22. The summed E-state index contributed by atoms with van der Waals surface area (Å²) in [6.45, 7) is 18.3. The number of hydrogen-bond acceptors (Lipinski definition) is 1. The second-order valence-electron chi connectivity index (χ2n) is 2.58. The Morgan fingerprint density at radius 2 is 1.53 bits per heavy atom. The predicted octanol–water partition coefficient (Wildman–Crippen LogP) is 4.76. The van der Waals surface area contributed by atoms with Crippen molar-refractivity contribution < 1.29 is 4.74 Å². The summed E-state index contributed by atoms with van der Waals surface area (Å²) in [6, 6.07) is 0. The summed E-state index contributed by atoms with van der Waals surface area (Å²) in [5, 5.41) is 0. The molecule has 0 aliphatic rings. The van der Waals surface area contributed by atoms with Crippen LogP contribution in [0.4, 0.5) is 0 Å². The average molecular weight is 212 g/mol. The third-order valence-corrected chi connectivity index (χ3v) is 1.23. The Labute approximate surface area is 96.5 Å². The van der Waals surface area contributed by atoms with Gasteiger partial charge in [-0.15, -0.1) is 0 Å². The SMILES string of the molecule is C=C(C)/C=C\C(=C)CCOC.CC.CC. The summed E-state index contributed by atoms with van der Waals surface area (Å²) in [5.41, 5.74) is 2.12. The van der Waals surface area contributed by atoms with Crippen LogP contribution in [0.1, 0.15) is 41.0 Å². The Hall–Kier alpha value is -0.820. The molecule has 0 N–H and O–H groups in total. The summed E-state index contributed by atoms with van der Waals surface area (Å²) >= 11 is 0. The summed E-state index contributed by atoms with van der Waals surface area (Å²) in [7, 11) is 1.69. The minimum atomic E-state index is 0.735. The topological polar surface area (TPSA) is 9.23 Å².